The van der Waals surface area contributed by atoms with E-state index in [4.69, 9.17) is 4.74 Å². The van der Waals surface area contributed by atoms with Crippen molar-refractivity contribution in [3.05, 3.63) is 12.2 Å². The molecule has 0 saturated heterocycles. The van der Waals surface area contributed by atoms with E-state index in [0.717, 1.165) is 19.3 Å². The van der Waals surface area contributed by atoms with E-state index in [2.05, 4.69) is 19.1 Å². The second kappa shape index (κ2) is 31.2. The average Bonchev–Trinajstić information content (AvgIpc) is 2.93. The Labute approximate surface area is 243 Å². The van der Waals surface area contributed by atoms with Crippen LogP contribution in [-0.4, -0.2) is 23.7 Å². The molecular weight excluding hydrogens is 484 g/mol. The van der Waals surface area contributed by atoms with Crippen molar-refractivity contribution >= 4 is 11.9 Å². The van der Waals surface area contributed by atoms with Crippen molar-refractivity contribution < 1.29 is 19.4 Å². The number of carbonyl (C=O) groups is 2. The van der Waals surface area contributed by atoms with Gasteiger partial charge in [-0.05, 0) is 38.5 Å². The van der Waals surface area contributed by atoms with Gasteiger partial charge in [0.05, 0.1) is 18.9 Å². The number of rotatable bonds is 31. The van der Waals surface area contributed by atoms with Crippen LogP contribution in [0.3, 0.4) is 0 Å². The highest BCUT2D eigenvalue weighted by atomic mass is 16.5. The van der Waals surface area contributed by atoms with Crippen LogP contribution in [0.15, 0.2) is 12.2 Å². The monoisotopic (exact) mass is 550 g/mol. The number of esters is 1. The van der Waals surface area contributed by atoms with Gasteiger partial charge in [-0.15, -0.1) is 0 Å². The minimum absolute atomic E-state index is 0.00673. The highest BCUT2D eigenvalue weighted by molar-refractivity contribution is 5.78. The smallest absolute Gasteiger partial charge is 0.307 e. The number of ether oxygens (including phenoxy) is 1. The SMILES string of the molecule is CCCCCCC/C=C/CCCCCCCCCCCCCCCCCCCC(CC(=O)OCCC)C(=O)O. The Morgan fingerprint density at radius 3 is 1.33 bits per heavy atom. The number of hydrogen-bond donors (Lipinski definition) is 1. The summed E-state index contributed by atoms with van der Waals surface area (Å²) in [4.78, 5) is 23.0. The molecule has 0 saturated carbocycles. The summed E-state index contributed by atoms with van der Waals surface area (Å²) in [6, 6.07) is 0. The molecule has 0 rings (SSSR count). The molecule has 1 N–H and O–H groups in total. The molecule has 0 amide bonds. The zero-order chi connectivity index (χ0) is 28.7. The number of carbonyl (C=O) groups excluding carboxylic acids is 1. The molecule has 0 aromatic carbocycles. The lowest BCUT2D eigenvalue weighted by atomic mass is 9.97. The summed E-state index contributed by atoms with van der Waals surface area (Å²) in [6.07, 6.45) is 38.0. The molecule has 0 aliphatic rings. The van der Waals surface area contributed by atoms with Gasteiger partial charge in [-0.2, -0.15) is 0 Å². The molecule has 0 spiro atoms. The Hall–Kier alpha value is -1.32. The molecule has 39 heavy (non-hydrogen) atoms. The van der Waals surface area contributed by atoms with E-state index in [1.54, 1.807) is 0 Å². The highest BCUT2D eigenvalue weighted by Gasteiger charge is 2.21. The second-order valence-electron chi connectivity index (χ2n) is 11.7. The van der Waals surface area contributed by atoms with Gasteiger partial charge in [-0.1, -0.05) is 154 Å². The van der Waals surface area contributed by atoms with Crippen LogP contribution in [0.5, 0.6) is 0 Å². The highest BCUT2D eigenvalue weighted by Crippen LogP contribution is 2.18. The van der Waals surface area contributed by atoms with Gasteiger partial charge in [0, 0.05) is 0 Å². The zero-order valence-electron chi connectivity index (χ0n) is 26.2. The largest absolute Gasteiger partial charge is 0.481 e. The predicted octanol–water partition coefficient (Wildman–Crippen LogP) is 11.4. The maximum atomic E-state index is 11.7. The van der Waals surface area contributed by atoms with E-state index in [1.165, 1.54) is 141 Å². The van der Waals surface area contributed by atoms with Crippen molar-refractivity contribution in [2.45, 2.75) is 187 Å². The van der Waals surface area contributed by atoms with E-state index in [1.807, 2.05) is 6.92 Å². The van der Waals surface area contributed by atoms with E-state index >= 15 is 0 Å². The second-order valence-corrected chi connectivity index (χ2v) is 11.7. The molecule has 0 bridgehead atoms. The zero-order valence-corrected chi connectivity index (χ0v) is 26.2. The fraction of sp³-hybridized carbons (Fsp3) is 0.886. The molecule has 0 aromatic rings. The summed E-state index contributed by atoms with van der Waals surface area (Å²) in [7, 11) is 0. The van der Waals surface area contributed by atoms with Crippen LogP contribution in [0.25, 0.3) is 0 Å². The third kappa shape index (κ3) is 29.5. The Kier molecular flexibility index (Phi) is 30.2. The lowest BCUT2D eigenvalue weighted by molar-refractivity contribution is -0.151. The van der Waals surface area contributed by atoms with Crippen molar-refractivity contribution in [1.29, 1.82) is 0 Å². The number of hydrogen-bond acceptors (Lipinski definition) is 3. The van der Waals surface area contributed by atoms with Gasteiger partial charge in [-0.25, -0.2) is 0 Å². The standard InChI is InChI=1S/C35H66O4/c1-3-5-6-7-8-9-10-11-12-13-14-15-16-17-18-19-20-21-22-23-24-25-26-27-28-29-30-33(35(37)38)32-34(36)39-31-4-2/h10-11,33H,3-9,12-32H2,1-2H3,(H,37,38)/b11-10+. The summed E-state index contributed by atoms with van der Waals surface area (Å²) >= 11 is 0. The summed E-state index contributed by atoms with van der Waals surface area (Å²) in [5.74, 6) is -1.85. The Balaban J connectivity index is 3.31. The summed E-state index contributed by atoms with van der Waals surface area (Å²) in [5, 5.41) is 9.33. The molecule has 230 valence electrons. The fourth-order valence-electron chi connectivity index (χ4n) is 5.19. The van der Waals surface area contributed by atoms with Gasteiger partial charge >= 0.3 is 11.9 Å². The summed E-state index contributed by atoms with van der Waals surface area (Å²) in [6.45, 7) is 4.59. The van der Waals surface area contributed by atoms with E-state index in [0.29, 0.717) is 13.0 Å². The Morgan fingerprint density at radius 2 is 0.949 bits per heavy atom. The van der Waals surface area contributed by atoms with E-state index in [-0.39, 0.29) is 12.4 Å². The lowest BCUT2D eigenvalue weighted by Crippen LogP contribution is -2.19. The number of unbranched alkanes of at least 4 members (excludes halogenated alkanes) is 22. The van der Waals surface area contributed by atoms with Gasteiger partial charge in [0.1, 0.15) is 0 Å². The first-order valence-electron chi connectivity index (χ1n) is 17.1. The first-order valence-corrected chi connectivity index (χ1v) is 17.1. The van der Waals surface area contributed by atoms with Gasteiger partial charge in [0.15, 0.2) is 0 Å². The molecule has 0 fully saturated rings. The number of allylic oxidation sites excluding steroid dienone is 2. The third-order valence-electron chi connectivity index (χ3n) is 7.79. The van der Waals surface area contributed by atoms with Crippen molar-refractivity contribution in [2.75, 3.05) is 6.61 Å². The minimum atomic E-state index is -0.874. The molecular formula is C35H66O4. The Bertz CT molecular complexity index is 557. The first-order chi connectivity index (χ1) is 19.1. The van der Waals surface area contributed by atoms with Crippen LogP contribution < -0.4 is 0 Å². The van der Waals surface area contributed by atoms with Crippen LogP contribution in [-0.2, 0) is 14.3 Å². The third-order valence-corrected chi connectivity index (χ3v) is 7.79. The fourth-order valence-corrected chi connectivity index (χ4v) is 5.19. The predicted molar refractivity (Wildman–Crippen MR) is 167 cm³/mol. The molecule has 0 aromatic heterocycles. The summed E-state index contributed by atoms with van der Waals surface area (Å²) in [5.41, 5.74) is 0. The number of carboxylic acids is 1. The van der Waals surface area contributed by atoms with Crippen LogP contribution in [0.1, 0.15) is 187 Å². The van der Waals surface area contributed by atoms with Crippen LogP contribution in [0, 0.1) is 5.92 Å². The lowest BCUT2D eigenvalue weighted by Gasteiger charge is -2.11. The molecule has 1 unspecified atom stereocenters. The molecule has 4 heteroatoms. The number of aliphatic carboxylic acids is 1. The van der Waals surface area contributed by atoms with E-state index in [9.17, 15) is 14.7 Å². The Morgan fingerprint density at radius 1 is 0.564 bits per heavy atom. The van der Waals surface area contributed by atoms with Crippen LogP contribution in [0.2, 0.25) is 0 Å². The van der Waals surface area contributed by atoms with E-state index < -0.39 is 11.9 Å². The quantitative estimate of drug-likeness (QED) is 0.0529. The maximum Gasteiger partial charge on any atom is 0.307 e. The number of carboxylic acid groups (broad SMARTS) is 1. The normalized spacial score (nSPS) is 12.3. The summed E-state index contributed by atoms with van der Waals surface area (Å²) < 4.78 is 5.03. The topological polar surface area (TPSA) is 63.6 Å². The molecule has 4 nitrogen and oxygen atoms in total. The van der Waals surface area contributed by atoms with Crippen molar-refractivity contribution in [2.24, 2.45) is 5.92 Å². The molecule has 0 aliphatic heterocycles. The first kappa shape index (κ1) is 37.7. The van der Waals surface area contributed by atoms with Crippen molar-refractivity contribution in [1.82, 2.24) is 0 Å². The molecule has 0 radical (unpaired) electrons. The molecule has 0 heterocycles. The van der Waals surface area contributed by atoms with Crippen LogP contribution >= 0.6 is 0 Å². The van der Waals surface area contributed by atoms with Crippen molar-refractivity contribution in [3.63, 3.8) is 0 Å². The van der Waals surface area contributed by atoms with Crippen LogP contribution in [0.4, 0.5) is 0 Å². The van der Waals surface area contributed by atoms with Gasteiger partial charge in [-0.3, -0.25) is 9.59 Å². The maximum absolute atomic E-state index is 11.7. The molecule has 0 aliphatic carbocycles. The minimum Gasteiger partial charge on any atom is -0.481 e. The van der Waals surface area contributed by atoms with Gasteiger partial charge in [0.25, 0.3) is 0 Å². The average molecular weight is 551 g/mol. The van der Waals surface area contributed by atoms with Crippen molar-refractivity contribution in [3.8, 4) is 0 Å². The van der Waals surface area contributed by atoms with Gasteiger partial charge in [0.2, 0.25) is 0 Å². The van der Waals surface area contributed by atoms with Gasteiger partial charge < -0.3 is 9.84 Å². The molecule has 1 atom stereocenters.